The van der Waals surface area contributed by atoms with Crippen LogP contribution in [0.3, 0.4) is 0 Å². The van der Waals surface area contributed by atoms with E-state index in [4.69, 9.17) is 4.74 Å². The molecule has 0 bridgehead atoms. The number of hydrazone groups is 1. The summed E-state index contributed by atoms with van der Waals surface area (Å²) in [5, 5.41) is 3.69. The number of rotatable bonds is 6. The standard InChI is InChI=1S/C15H15BrN2O3S/c1-22(19,20)18-17-10-13-6-2-3-8-15(13)21-11-12-5-4-7-14(16)9-12/h2-10,18H,11H2,1H3. The van der Waals surface area contributed by atoms with E-state index in [9.17, 15) is 8.42 Å². The summed E-state index contributed by atoms with van der Waals surface area (Å²) in [7, 11) is -3.36. The third-order valence-corrected chi connectivity index (χ3v) is 3.55. The van der Waals surface area contributed by atoms with Crippen LogP contribution in [0, 0.1) is 0 Å². The Morgan fingerprint density at radius 2 is 2.00 bits per heavy atom. The number of sulfonamides is 1. The van der Waals surface area contributed by atoms with Gasteiger partial charge in [-0.2, -0.15) is 5.10 Å². The molecule has 0 saturated carbocycles. The van der Waals surface area contributed by atoms with Gasteiger partial charge in [0.15, 0.2) is 0 Å². The van der Waals surface area contributed by atoms with Gasteiger partial charge in [-0.25, -0.2) is 13.2 Å². The van der Waals surface area contributed by atoms with Gasteiger partial charge in [0.05, 0.1) is 12.5 Å². The number of nitrogens with zero attached hydrogens (tertiary/aromatic N) is 1. The molecule has 0 aromatic heterocycles. The molecule has 2 rings (SSSR count). The smallest absolute Gasteiger partial charge is 0.244 e. The average molecular weight is 383 g/mol. The van der Waals surface area contributed by atoms with Crippen molar-refractivity contribution in [2.75, 3.05) is 6.26 Å². The van der Waals surface area contributed by atoms with Crippen LogP contribution in [0.4, 0.5) is 0 Å². The fourth-order valence-corrected chi connectivity index (χ4v) is 2.39. The van der Waals surface area contributed by atoms with Gasteiger partial charge in [0, 0.05) is 10.0 Å². The average Bonchev–Trinajstić information content (AvgIpc) is 2.45. The predicted octanol–water partition coefficient (Wildman–Crippen LogP) is 2.91. The summed E-state index contributed by atoms with van der Waals surface area (Å²) in [5.41, 5.74) is 1.71. The number of benzene rings is 2. The molecule has 0 aliphatic carbocycles. The zero-order chi connectivity index (χ0) is 16.0. The highest BCUT2D eigenvalue weighted by Gasteiger charge is 2.02. The van der Waals surface area contributed by atoms with Crippen molar-refractivity contribution in [1.82, 2.24) is 4.83 Å². The Morgan fingerprint density at radius 1 is 1.23 bits per heavy atom. The van der Waals surface area contributed by atoms with Gasteiger partial charge in [0.2, 0.25) is 10.0 Å². The molecule has 2 aromatic rings. The molecule has 0 radical (unpaired) electrons. The van der Waals surface area contributed by atoms with Gasteiger partial charge in [-0.15, -0.1) is 0 Å². The Balaban J connectivity index is 2.08. The molecule has 5 nitrogen and oxygen atoms in total. The minimum Gasteiger partial charge on any atom is -0.488 e. The minimum atomic E-state index is -3.36. The molecule has 1 N–H and O–H groups in total. The second kappa shape index (κ2) is 7.42. The molecule has 0 spiro atoms. The Labute approximate surface area is 138 Å². The van der Waals surface area contributed by atoms with Gasteiger partial charge in [0.1, 0.15) is 12.4 Å². The first-order valence-electron chi connectivity index (χ1n) is 6.40. The monoisotopic (exact) mass is 382 g/mol. The second-order valence-corrected chi connectivity index (χ2v) is 7.22. The molecule has 22 heavy (non-hydrogen) atoms. The number of para-hydroxylation sites is 1. The molecule has 0 aliphatic heterocycles. The van der Waals surface area contributed by atoms with Crippen LogP contribution in [0.2, 0.25) is 0 Å². The molecular weight excluding hydrogens is 368 g/mol. The van der Waals surface area contributed by atoms with Gasteiger partial charge < -0.3 is 4.74 Å². The van der Waals surface area contributed by atoms with Crippen LogP contribution >= 0.6 is 15.9 Å². The van der Waals surface area contributed by atoms with E-state index >= 15 is 0 Å². The second-order valence-electron chi connectivity index (χ2n) is 4.58. The van der Waals surface area contributed by atoms with Gasteiger partial charge in [-0.05, 0) is 29.8 Å². The fraction of sp³-hybridized carbons (Fsp3) is 0.133. The van der Waals surface area contributed by atoms with Crippen LogP contribution in [-0.2, 0) is 16.6 Å². The maximum absolute atomic E-state index is 11.0. The van der Waals surface area contributed by atoms with E-state index in [0.717, 1.165) is 16.3 Å². The Hall–Kier alpha value is -1.86. The van der Waals surface area contributed by atoms with Crippen LogP contribution in [0.1, 0.15) is 11.1 Å². The molecule has 7 heteroatoms. The summed E-state index contributed by atoms with van der Waals surface area (Å²) in [5.74, 6) is 0.626. The Bertz CT molecular complexity index is 776. The molecule has 0 saturated heterocycles. The first-order chi connectivity index (χ1) is 10.4. The summed E-state index contributed by atoms with van der Waals surface area (Å²) in [6, 6.07) is 15.1. The summed E-state index contributed by atoms with van der Waals surface area (Å²) >= 11 is 3.41. The molecule has 0 fully saturated rings. The SMILES string of the molecule is CS(=O)(=O)NN=Cc1ccccc1OCc1cccc(Br)c1. The topological polar surface area (TPSA) is 67.8 Å². The van der Waals surface area contributed by atoms with E-state index in [0.29, 0.717) is 17.9 Å². The normalized spacial score (nSPS) is 11.5. The first-order valence-corrected chi connectivity index (χ1v) is 9.08. The molecular formula is C15H15BrN2O3S. The minimum absolute atomic E-state index is 0.407. The van der Waals surface area contributed by atoms with E-state index in [1.54, 1.807) is 12.1 Å². The third kappa shape index (κ3) is 5.50. The van der Waals surface area contributed by atoms with Crippen molar-refractivity contribution >= 4 is 32.2 Å². The van der Waals surface area contributed by atoms with Gasteiger partial charge >= 0.3 is 0 Å². The van der Waals surface area contributed by atoms with Crippen molar-refractivity contribution in [3.63, 3.8) is 0 Å². The highest BCUT2D eigenvalue weighted by Crippen LogP contribution is 2.19. The predicted molar refractivity (Wildman–Crippen MR) is 90.5 cm³/mol. The van der Waals surface area contributed by atoms with E-state index in [1.165, 1.54) is 6.21 Å². The summed E-state index contributed by atoms with van der Waals surface area (Å²) in [6.07, 6.45) is 2.46. The van der Waals surface area contributed by atoms with Crippen molar-refractivity contribution in [2.45, 2.75) is 6.61 Å². The van der Waals surface area contributed by atoms with E-state index < -0.39 is 10.0 Å². The summed E-state index contributed by atoms with van der Waals surface area (Å²) < 4.78 is 28.7. The van der Waals surface area contributed by atoms with Crippen molar-refractivity contribution in [2.24, 2.45) is 5.10 Å². The lowest BCUT2D eigenvalue weighted by atomic mass is 10.2. The van der Waals surface area contributed by atoms with Gasteiger partial charge in [-0.1, -0.05) is 40.2 Å². The van der Waals surface area contributed by atoms with Crippen molar-refractivity contribution in [3.8, 4) is 5.75 Å². The number of ether oxygens (including phenoxy) is 1. The van der Waals surface area contributed by atoms with Crippen molar-refractivity contribution in [1.29, 1.82) is 0 Å². The largest absolute Gasteiger partial charge is 0.488 e. The van der Waals surface area contributed by atoms with Crippen LogP contribution in [0.5, 0.6) is 5.75 Å². The zero-order valence-electron chi connectivity index (χ0n) is 11.9. The van der Waals surface area contributed by atoms with Crippen LogP contribution in [-0.4, -0.2) is 20.9 Å². The van der Waals surface area contributed by atoms with E-state index in [-0.39, 0.29) is 0 Å². The lowest BCUT2D eigenvalue weighted by molar-refractivity contribution is 0.305. The molecule has 0 aliphatic rings. The highest BCUT2D eigenvalue weighted by atomic mass is 79.9. The number of hydrogen-bond donors (Lipinski definition) is 1. The van der Waals surface area contributed by atoms with Crippen LogP contribution in [0.15, 0.2) is 58.1 Å². The Morgan fingerprint density at radius 3 is 2.73 bits per heavy atom. The zero-order valence-corrected chi connectivity index (χ0v) is 14.3. The lowest BCUT2D eigenvalue weighted by Crippen LogP contribution is -2.15. The maximum atomic E-state index is 11.0. The molecule has 116 valence electrons. The van der Waals surface area contributed by atoms with Gasteiger partial charge in [0.25, 0.3) is 0 Å². The fourth-order valence-electron chi connectivity index (χ4n) is 1.70. The molecule has 0 amide bonds. The van der Waals surface area contributed by atoms with Crippen molar-refractivity contribution < 1.29 is 13.2 Å². The number of hydrogen-bond acceptors (Lipinski definition) is 4. The molecule has 2 aromatic carbocycles. The quantitative estimate of drug-likeness (QED) is 0.616. The molecule has 0 heterocycles. The van der Waals surface area contributed by atoms with E-state index in [2.05, 4.69) is 25.9 Å². The number of nitrogens with one attached hydrogen (secondary N) is 1. The maximum Gasteiger partial charge on any atom is 0.244 e. The summed E-state index contributed by atoms with van der Waals surface area (Å²) in [6.45, 7) is 0.407. The van der Waals surface area contributed by atoms with Crippen LogP contribution in [0.25, 0.3) is 0 Å². The van der Waals surface area contributed by atoms with E-state index in [1.807, 2.05) is 36.4 Å². The third-order valence-electron chi connectivity index (χ3n) is 2.62. The van der Waals surface area contributed by atoms with Crippen LogP contribution < -0.4 is 9.57 Å². The molecule has 0 unspecified atom stereocenters. The van der Waals surface area contributed by atoms with Gasteiger partial charge in [-0.3, -0.25) is 0 Å². The first kappa shape index (κ1) is 16.5. The van der Waals surface area contributed by atoms with Crippen molar-refractivity contribution in [3.05, 3.63) is 64.1 Å². The molecule has 0 atom stereocenters. The Kier molecular flexibility index (Phi) is 5.57. The highest BCUT2D eigenvalue weighted by molar-refractivity contribution is 9.10. The number of halogens is 1. The lowest BCUT2D eigenvalue weighted by Gasteiger charge is -2.09. The summed E-state index contributed by atoms with van der Waals surface area (Å²) in [4.78, 5) is 2.06.